The molecule has 5 saturated carbocycles. The van der Waals surface area contributed by atoms with Crippen LogP contribution in [0.15, 0.2) is 23.1 Å². The molecule has 5 aliphatic rings. The third-order valence-corrected chi connectivity index (χ3v) is 11.3. The molecule has 0 aromatic heterocycles. The molecule has 2 unspecified atom stereocenters. The maximum absolute atomic E-state index is 13.8. The van der Waals surface area contributed by atoms with E-state index in [1.165, 1.54) is 6.07 Å². The summed E-state index contributed by atoms with van der Waals surface area (Å²) in [7, 11) is -3.90. The van der Waals surface area contributed by atoms with E-state index in [-0.39, 0.29) is 27.9 Å². The van der Waals surface area contributed by atoms with Crippen LogP contribution in [0.2, 0.25) is 5.02 Å². The smallest absolute Gasteiger partial charge is 0.241 e. The van der Waals surface area contributed by atoms with Crippen LogP contribution in [-0.2, 0) is 19.6 Å². The highest BCUT2D eigenvalue weighted by atomic mass is 35.5. The molecule has 180 valence electrons. The summed E-state index contributed by atoms with van der Waals surface area (Å²) in [5.74, 6) is 1.25. The number of carbonyl (C=O) groups is 2. The van der Waals surface area contributed by atoms with Crippen molar-refractivity contribution in [1.82, 2.24) is 4.72 Å². The number of ketones is 1. The van der Waals surface area contributed by atoms with Gasteiger partial charge in [-0.2, -0.15) is 4.72 Å². The standard InChI is InChI=1S/C25H33ClN2O4S/c1-15-20(26)5-4-6-21(15)33(31,32)28-25(7-2-3-8-25)22(29)11-19-17-9-16-10-18(19)14-24(12-16,13-17)23(27)30/h4-6,16-19,28H,2-3,7-14H2,1H3,(H2,27,30). The zero-order valence-electron chi connectivity index (χ0n) is 19.1. The molecule has 4 bridgehead atoms. The van der Waals surface area contributed by atoms with Crippen molar-refractivity contribution in [2.24, 2.45) is 34.8 Å². The van der Waals surface area contributed by atoms with Crippen molar-refractivity contribution in [1.29, 1.82) is 0 Å². The van der Waals surface area contributed by atoms with Crippen LogP contribution in [0, 0.1) is 36.0 Å². The number of hydrogen-bond donors (Lipinski definition) is 2. The minimum atomic E-state index is -3.90. The molecule has 3 N–H and O–H groups in total. The molecule has 0 spiro atoms. The first-order chi connectivity index (χ1) is 15.6. The maximum atomic E-state index is 13.8. The molecule has 1 aromatic carbocycles. The van der Waals surface area contributed by atoms with Gasteiger partial charge in [-0.3, -0.25) is 9.59 Å². The molecule has 8 heteroatoms. The molecule has 0 aliphatic heterocycles. The quantitative estimate of drug-likeness (QED) is 0.596. The average Bonchev–Trinajstić information content (AvgIpc) is 3.21. The van der Waals surface area contributed by atoms with Gasteiger partial charge in [0.25, 0.3) is 0 Å². The summed E-state index contributed by atoms with van der Waals surface area (Å²) in [5, 5.41) is 0.390. The normalized spacial score (nSPS) is 34.5. The number of nitrogens with one attached hydrogen (secondary N) is 1. The van der Waals surface area contributed by atoms with Crippen LogP contribution in [0.5, 0.6) is 0 Å². The fourth-order valence-electron chi connectivity index (χ4n) is 7.78. The fourth-order valence-corrected chi connectivity index (χ4v) is 9.73. The Kier molecular flexibility index (Phi) is 5.69. The second kappa shape index (κ2) is 8.06. The van der Waals surface area contributed by atoms with Gasteiger partial charge >= 0.3 is 0 Å². The van der Waals surface area contributed by atoms with Crippen molar-refractivity contribution in [2.45, 2.75) is 81.6 Å². The van der Waals surface area contributed by atoms with E-state index in [9.17, 15) is 18.0 Å². The third-order valence-electron chi connectivity index (χ3n) is 9.24. The molecule has 1 amide bonds. The molecular weight excluding hydrogens is 460 g/mol. The van der Waals surface area contributed by atoms with E-state index in [1.54, 1.807) is 19.1 Å². The summed E-state index contributed by atoms with van der Waals surface area (Å²) in [6, 6.07) is 4.82. The Hall–Kier alpha value is -1.44. The van der Waals surface area contributed by atoms with Crippen LogP contribution >= 0.6 is 11.6 Å². The highest BCUT2D eigenvalue weighted by Gasteiger charge is 2.58. The van der Waals surface area contributed by atoms with Gasteiger partial charge in [0.2, 0.25) is 15.9 Å². The SMILES string of the molecule is Cc1c(Cl)cccc1S(=O)(=O)NC1(C(=O)CC2C3CC4CC2CC(C(N)=O)(C4)C3)CCCC1. The van der Waals surface area contributed by atoms with E-state index < -0.39 is 15.6 Å². The Labute approximate surface area is 201 Å². The number of amides is 1. The Bertz CT molecular complexity index is 1080. The van der Waals surface area contributed by atoms with Gasteiger partial charge < -0.3 is 5.73 Å². The highest BCUT2D eigenvalue weighted by Crippen LogP contribution is 2.63. The molecule has 5 fully saturated rings. The zero-order chi connectivity index (χ0) is 23.6. The number of nitrogens with two attached hydrogens (primary N) is 1. The van der Waals surface area contributed by atoms with Gasteiger partial charge in [0.05, 0.1) is 10.4 Å². The van der Waals surface area contributed by atoms with Crippen LogP contribution in [0.25, 0.3) is 0 Å². The first kappa shape index (κ1) is 23.3. The van der Waals surface area contributed by atoms with Crippen LogP contribution in [0.3, 0.4) is 0 Å². The Balaban J connectivity index is 1.38. The van der Waals surface area contributed by atoms with Crippen molar-refractivity contribution in [2.75, 3.05) is 0 Å². The van der Waals surface area contributed by atoms with E-state index in [2.05, 4.69) is 4.72 Å². The Morgan fingerprint density at radius 1 is 1.12 bits per heavy atom. The average molecular weight is 493 g/mol. The van der Waals surface area contributed by atoms with Crippen LogP contribution < -0.4 is 10.5 Å². The molecule has 6 rings (SSSR count). The molecule has 6 nitrogen and oxygen atoms in total. The van der Waals surface area contributed by atoms with Crippen molar-refractivity contribution in [3.63, 3.8) is 0 Å². The predicted molar refractivity (Wildman–Crippen MR) is 126 cm³/mol. The molecule has 0 radical (unpaired) electrons. The van der Waals surface area contributed by atoms with Gasteiger partial charge in [0.15, 0.2) is 5.78 Å². The van der Waals surface area contributed by atoms with Crippen molar-refractivity contribution in [3.05, 3.63) is 28.8 Å². The number of sulfonamides is 1. The lowest BCUT2D eigenvalue weighted by Crippen LogP contribution is -2.58. The van der Waals surface area contributed by atoms with Gasteiger partial charge in [-0.25, -0.2) is 8.42 Å². The number of carbonyl (C=O) groups excluding carboxylic acids is 2. The monoisotopic (exact) mass is 492 g/mol. The number of hydrogen-bond acceptors (Lipinski definition) is 4. The molecule has 0 saturated heterocycles. The zero-order valence-corrected chi connectivity index (χ0v) is 20.7. The first-order valence-corrected chi connectivity index (χ1v) is 14.0. The van der Waals surface area contributed by atoms with Crippen LogP contribution in [0.4, 0.5) is 0 Å². The molecule has 1 aromatic rings. The number of benzene rings is 1. The first-order valence-electron chi connectivity index (χ1n) is 12.2. The molecule has 2 atom stereocenters. The van der Waals surface area contributed by atoms with Crippen molar-refractivity contribution < 1.29 is 18.0 Å². The largest absolute Gasteiger partial charge is 0.369 e. The molecule has 0 heterocycles. The summed E-state index contributed by atoms with van der Waals surface area (Å²) >= 11 is 6.17. The Morgan fingerprint density at radius 3 is 2.36 bits per heavy atom. The number of primary amides is 1. The molecule has 5 aliphatic carbocycles. The molecule has 33 heavy (non-hydrogen) atoms. The third kappa shape index (κ3) is 3.84. The number of Topliss-reactive ketones (excluding diaryl/α,β-unsaturated/α-hetero) is 1. The summed E-state index contributed by atoms with van der Waals surface area (Å²) in [6.45, 7) is 1.68. The topological polar surface area (TPSA) is 106 Å². The van der Waals surface area contributed by atoms with Gasteiger partial charge in [-0.15, -0.1) is 0 Å². The lowest BCUT2D eigenvalue weighted by molar-refractivity contribution is -0.152. The van der Waals surface area contributed by atoms with Gasteiger partial charge in [-0.05, 0) is 93.2 Å². The summed E-state index contributed by atoms with van der Waals surface area (Å²) in [6.07, 6.45) is 7.68. The van der Waals surface area contributed by atoms with Crippen molar-refractivity contribution >= 4 is 33.3 Å². The Morgan fingerprint density at radius 2 is 1.76 bits per heavy atom. The van der Waals surface area contributed by atoms with E-state index in [4.69, 9.17) is 17.3 Å². The number of rotatable bonds is 7. The van der Waals surface area contributed by atoms with Crippen LogP contribution in [0.1, 0.15) is 69.8 Å². The minimum absolute atomic E-state index is 0.00820. The highest BCUT2D eigenvalue weighted by molar-refractivity contribution is 7.89. The van der Waals surface area contributed by atoms with Gasteiger partial charge in [-0.1, -0.05) is 30.5 Å². The van der Waals surface area contributed by atoms with E-state index in [0.717, 1.165) is 44.9 Å². The summed E-state index contributed by atoms with van der Waals surface area (Å²) < 4.78 is 29.5. The van der Waals surface area contributed by atoms with Crippen molar-refractivity contribution in [3.8, 4) is 0 Å². The van der Waals surface area contributed by atoms with E-state index in [0.29, 0.717) is 47.6 Å². The summed E-state index contributed by atoms with van der Waals surface area (Å²) in [5.41, 5.74) is 4.87. The second-order valence-electron chi connectivity index (χ2n) is 11.2. The lowest BCUT2D eigenvalue weighted by Gasteiger charge is -2.59. The molecular formula is C25H33ClN2O4S. The number of halogens is 1. The lowest BCUT2D eigenvalue weighted by atomic mass is 9.45. The van der Waals surface area contributed by atoms with E-state index in [1.807, 2.05) is 0 Å². The van der Waals surface area contributed by atoms with Gasteiger partial charge in [0.1, 0.15) is 0 Å². The summed E-state index contributed by atoms with van der Waals surface area (Å²) in [4.78, 5) is 26.2. The second-order valence-corrected chi connectivity index (χ2v) is 13.2. The minimum Gasteiger partial charge on any atom is -0.369 e. The predicted octanol–water partition coefficient (Wildman–Crippen LogP) is 4.13. The van der Waals surface area contributed by atoms with Gasteiger partial charge in [0, 0.05) is 16.9 Å². The fraction of sp³-hybridized carbons (Fsp3) is 0.680. The van der Waals surface area contributed by atoms with E-state index >= 15 is 0 Å². The maximum Gasteiger partial charge on any atom is 0.241 e. The van der Waals surface area contributed by atoms with Crippen LogP contribution in [-0.4, -0.2) is 25.6 Å².